The quantitative estimate of drug-likeness (QED) is 0.677. The van der Waals surface area contributed by atoms with Crippen LogP contribution >= 0.6 is 15.9 Å². The number of rotatable bonds is 6. The second-order valence-electron chi connectivity index (χ2n) is 6.66. The number of benzene rings is 2. The molecule has 6 heteroatoms. The first-order chi connectivity index (χ1) is 13.0. The maximum Gasteiger partial charge on any atom is 0.161 e. The van der Waals surface area contributed by atoms with E-state index in [2.05, 4.69) is 40.0 Å². The number of hydrogen-bond acceptors (Lipinski definition) is 5. The maximum atomic E-state index is 5.54. The number of methoxy groups -OCH3 is 4. The Hall–Kier alpha value is -1.92. The van der Waals surface area contributed by atoms with Crippen molar-refractivity contribution in [3.05, 3.63) is 45.4 Å². The predicted octanol–water partition coefficient (Wildman–Crippen LogP) is 4.26. The molecule has 0 saturated heterocycles. The highest BCUT2D eigenvalue weighted by molar-refractivity contribution is 9.10. The zero-order chi connectivity index (χ0) is 19.6. The molecule has 3 rings (SSSR count). The zero-order valence-corrected chi connectivity index (χ0v) is 18.1. The minimum atomic E-state index is 0.239. The summed E-state index contributed by atoms with van der Waals surface area (Å²) in [5, 5.41) is 0. The van der Waals surface area contributed by atoms with E-state index in [9.17, 15) is 0 Å². The van der Waals surface area contributed by atoms with Gasteiger partial charge in [0, 0.05) is 17.1 Å². The van der Waals surface area contributed by atoms with Crippen LogP contribution in [0.25, 0.3) is 0 Å². The van der Waals surface area contributed by atoms with Gasteiger partial charge in [-0.05, 0) is 60.8 Å². The Morgan fingerprint density at radius 1 is 0.889 bits per heavy atom. The lowest BCUT2D eigenvalue weighted by atomic mass is 9.88. The Kier molecular flexibility index (Phi) is 6.17. The standard InChI is InChI=1S/C21H26BrNO4/c1-23-7-6-13-9-18(24-2)20(26-4)11-15(13)17(23)8-14-10-19(25-3)21(27-5)12-16(14)22/h9-12,17H,6-8H2,1-5H3/t17-/m0/s1. The van der Waals surface area contributed by atoms with Crippen LogP contribution in [0.4, 0.5) is 0 Å². The van der Waals surface area contributed by atoms with Gasteiger partial charge in [-0.25, -0.2) is 0 Å². The van der Waals surface area contributed by atoms with Crippen LogP contribution in [0.1, 0.15) is 22.7 Å². The van der Waals surface area contributed by atoms with Crippen LogP contribution < -0.4 is 18.9 Å². The van der Waals surface area contributed by atoms with Crippen molar-refractivity contribution in [2.45, 2.75) is 18.9 Å². The summed E-state index contributed by atoms with van der Waals surface area (Å²) < 4.78 is 22.9. The minimum absolute atomic E-state index is 0.239. The van der Waals surface area contributed by atoms with E-state index >= 15 is 0 Å². The normalized spacial score (nSPS) is 16.6. The summed E-state index contributed by atoms with van der Waals surface area (Å²) in [5.41, 5.74) is 3.77. The maximum absolute atomic E-state index is 5.54. The topological polar surface area (TPSA) is 40.2 Å². The minimum Gasteiger partial charge on any atom is -0.493 e. The average Bonchev–Trinajstić information content (AvgIpc) is 2.69. The Morgan fingerprint density at radius 2 is 1.44 bits per heavy atom. The molecule has 1 aliphatic heterocycles. The molecule has 0 radical (unpaired) electrons. The van der Waals surface area contributed by atoms with Gasteiger partial charge < -0.3 is 18.9 Å². The lowest BCUT2D eigenvalue weighted by Crippen LogP contribution is -2.33. The van der Waals surface area contributed by atoms with Gasteiger partial charge in [0.1, 0.15) is 0 Å². The average molecular weight is 436 g/mol. The first kappa shape index (κ1) is 19.8. The van der Waals surface area contributed by atoms with Gasteiger partial charge in [0.15, 0.2) is 23.0 Å². The lowest BCUT2D eigenvalue weighted by Gasteiger charge is -2.35. The van der Waals surface area contributed by atoms with E-state index < -0.39 is 0 Å². The Morgan fingerprint density at radius 3 is 2.07 bits per heavy atom. The van der Waals surface area contributed by atoms with Gasteiger partial charge in [-0.1, -0.05) is 15.9 Å². The highest BCUT2D eigenvalue weighted by Gasteiger charge is 2.28. The number of ether oxygens (including phenoxy) is 4. The van der Waals surface area contributed by atoms with E-state index in [0.29, 0.717) is 0 Å². The van der Waals surface area contributed by atoms with Crippen molar-refractivity contribution in [1.82, 2.24) is 4.90 Å². The fraction of sp³-hybridized carbons (Fsp3) is 0.429. The molecule has 1 heterocycles. The second kappa shape index (κ2) is 8.40. The van der Waals surface area contributed by atoms with E-state index in [1.54, 1.807) is 28.4 Å². The molecule has 0 N–H and O–H groups in total. The van der Waals surface area contributed by atoms with Crippen LogP contribution in [0.3, 0.4) is 0 Å². The number of nitrogens with zero attached hydrogens (tertiary/aromatic N) is 1. The van der Waals surface area contributed by atoms with Gasteiger partial charge in [0.25, 0.3) is 0 Å². The van der Waals surface area contributed by atoms with Crippen molar-refractivity contribution in [2.75, 3.05) is 42.0 Å². The SMILES string of the molecule is COc1cc(Br)c(C[C@H]2c3cc(OC)c(OC)cc3CCN2C)cc1OC. The molecule has 0 fully saturated rings. The van der Waals surface area contributed by atoms with Crippen LogP contribution in [-0.4, -0.2) is 46.9 Å². The summed E-state index contributed by atoms with van der Waals surface area (Å²) in [4.78, 5) is 2.39. The molecule has 146 valence electrons. The van der Waals surface area contributed by atoms with E-state index in [1.807, 2.05) is 12.1 Å². The van der Waals surface area contributed by atoms with Crippen molar-refractivity contribution in [1.29, 1.82) is 0 Å². The van der Waals surface area contributed by atoms with Crippen LogP contribution in [0.15, 0.2) is 28.7 Å². The van der Waals surface area contributed by atoms with Gasteiger partial charge in [-0.3, -0.25) is 4.90 Å². The van der Waals surface area contributed by atoms with Crippen LogP contribution in [0.5, 0.6) is 23.0 Å². The molecule has 2 aromatic carbocycles. The van der Waals surface area contributed by atoms with E-state index in [-0.39, 0.29) is 6.04 Å². The summed E-state index contributed by atoms with van der Waals surface area (Å²) in [6.45, 7) is 0.998. The molecule has 0 amide bonds. The second-order valence-corrected chi connectivity index (χ2v) is 7.51. The number of likely N-dealkylation sites (N-methyl/N-ethyl adjacent to an activating group) is 1. The number of halogens is 1. The number of fused-ring (bicyclic) bond motifs is 1. The van der Waals surface area contributed by atoms with Crippen molar-refractivity contribution >= 4 is 15.9 Å². The molecular formula is C21H26BrNO4. The van der Waals surface area contributed by atoms with Gasteiger partial charge >= 0.3 is 0 Å². The molecule has 0 aromatic heterocycles. The van der Waals surface area contributed by atoms with Crippen molar-refractivity contribution in [3.8, 4) is 23.0 Å². The fourth-order valence-electron chi connectivity index (χ4n) is 3.68. The monoisotopic (exact) mass is 435 g/mol. The Labute approximate surface area is 169 Å². The molecular weight excluding hydrogens is 410 g/mol. The van der Waals surface area contributed by atoms with Crippen LogP contribution in [-0.2, 0) is 12.8 Å². The first-order valence-electron chi connectivity index (χ1n) is 8.87. The van der Waals surface area contributed by atoms with Gasteiger partial charge in [0.2, 0.25) is 0 Å². The predicted molar refractivity (Wildman–Crippen MR) is 110 cm³/mol. The van der Waals surface area contributed by atoms with Crippen LogP contribution in [0, 0.1) is 0 Å². The smallest absolute Gasteiger partial charge is 0.161 e. The van der Waals surface area contributed by atoms with Gasteiger partial charge in [-0.15, -0.1) is 0 Å². The lowest BCUT2D eigenvalue weighted by molar-refractivity contribution is 0.227. The Bertz CT molecular complexity index is 824. The highest BCUT2D eigenvalue weighted by Crippen LogP contribution is 2.41. The molecule has 1 aliphatic rings. The number of hydrogen-bond donors (Lipinski definition) is 0. The van der Waals surface area contributed by atoms with Crippen molar-refractivity contribution in [2.24, 2.45) is 0 Å². The largest absolute Gasteiger partial charge is 0.493 e. The van der Waals surface area contributed by atoms with Crippen molar-refractivity contribution < 1.29 is 18.9 Å². The molecule has 5 nitrogen and oxygen atoms in total. The Balaban J connectivity index is 2.01. The molecule has 0 spiro atoms. The zero-order valence-electron chi connectivity index (χ0n) is 16.5. The molecule has 0 unspecified atom stereocenters. The molecule has 0 bridgehead atoms. The van der Waals surface area contributed by atoms with E-state index in [1.165, 1.54) is 16.7 Å². The molecule has 0 aliphatic carbocycles. The van der Waals surface area contributed by atoms with E-state index in [4.69, 9.17) is 18.9 Å². The molecule has 27 heavy (non-hydrogen) atoms. The third kappa shape index (κ3) is 3.87. The third-order valence-electron chi connectivity index (χ3n) is 5.24. The van der Waals surface area contributed by atoms with Crippen molar-refractivity contribution in [3.63, 3.8) is 0 Å². The van der Waals surface area contributed by atoms with Crippen LogP contribution in [0.2, 0.25) is 0 Å². The summed E-state index contributed by atoms with van der Waals surface area (Å²) in [6.07, 6.45) is 1.84. The molecule has 1 atom stereocenters. The molecule has 2 aromatic rings. The summed E-state index contributed by atoms with van der Waals surface area (Å²) in [5.74, 6) is 3.01. The fourth-order valence-corrected chi connectivity index (χ4v) is 4.16. The summed E-state index contributed by atoms with van der Waals surface area (Å²) >= 11 is 3.69. The first-order valence-corrected chi connectivity index (χ1v) is 9.67. The van der Waals surface area contributed by atoms with Gasteiger partial charge in [-0.2, -0.15) is 0 Å². The summed E-state index contributed by atoms with van der Waals surface area (Å²) in [6, 6.07) is 8.47. The van der Waals surface area contributed by atoms with E-state index in [0.717, 1.165) is 46.9 Å². The van der Waals surface area contributed by atoms with Gasteiger partial charge in [0.05, 0.1) is 28.4 Å². The summed E-state index contributed by atoms with van der Waals surface area (Å²) in [7, 11) is 8.83. The third-order valence-corrected chi connectivity index (χ3v) is 5.97. The molecule has 0 saturated carbocycles. The highest BCUT2D eigenvalue weighted by atomic mass is 79.9.